The van der Waals surface area contributed by atoms with Crippen molar-refractivity contribution in [3.8, 4) is 0 Å². The van der Waals surface area contributed by atoms with E-state index in [4.69, 9.17) is 9.52 Å². The Balaban J connectivity index is 2.35. The third-order valence-corrected chi connectivity index (χ3v) is 2.49. The van der Waals surface area contributed by atoms with E-state index in [0.29, 0.717) is 30.5 Å². The van der Waals surface area contributed by atoms with Gasteiger partial charge in [-0.1, -0.05) is 13.8 Å². The number of furan rings is 1. The Bertz CT molecular complexity index is 451. The first-order valence-corrected chi connectivity index (χ1v) is 6.20. The molecule has 1 heterocycles. The van der Waals surface area contributed by atoms with Gasteiger partial charge in [0, 0.05) is 6.54 Å². The third kappa shape index (κ3) is 5.13. The van der Waals surface area contributed by atoms with Crippen LogP contribution >= 0.6 is 0 Å². The number of hydrogen-bond donors (Lipinski definition) is 3. The highest BCUT2D eigenvalue weighted by Crippen LogP contribution is 2.14. The fourth-order valence-electron chi connectivity index (χ4n) is 1.52. The normalized spacial score (nSPS) is 10.7. The highest BCUT2D eigenvalue weighted by Gasteiger charge is 2.13. The second-order valence-electron chi connectivity index (χ2n) is 4.79. The first-order valence-electron chi connectivity index (χ1n) is 6.20. The zero-order chi connectivity index (χ0) is 14.4. The minimum Gasteiger partial charge on any atom is -0.478 e. The first-order chi connectivity index (χ1) is 8.90. The van der Waals surface area contributed by atoms with Crippen molar-refractivity contribution in [2.75, 3.05) is 13.1 Å². The van der Waals surface area contributed by atoms with Gasteiger partial charge in [-0.3, -0.25) is 4.79 Å². The summed E-state index contributed by atoms with van der Waals surface area (Å²) in [5.74, 6) is 0.188. The van der Waals surface area contributed by atoms with Crippen molar-refractivity contribution in [2.24, 2.45) is 5.92 Å². The molecule has 1 aromatic heterocycles. The number of carbonyl (C=O) groups excluding carboxylic acids is 1. The molecule has 106 valence electrons. The Morgan fingerprint density at radius 1 is 1.42 bits per heavy atom. The van der Waals surface area contributed by atoms with Gasteiger partial charge < -0.3 is 20.2 Å². The van der Waals surface area contributed by atoms with E-state index in [2.05, 4.69) is 10.6 Å². The lowest BCUT2D eigenvalue weighted by Crippen LogP contribution is -2.35. The van der Waals surface area contributed by atoms with Crippen molar-refractivity contribution in [3.05, 3.63) is 23.2 Å². The molecule has 1 rings (SSSR count). The molecule has 1 amide bonds. The summed E-state index contributed by atoms with van der Waals surface area (Å²) < 4.78 is 5.28. The topological polar surface area (TPSA) is 91.6 Å². The average Bonchev–Trinajstić information content (AvgIpc) is 2.68. The molecule has 0 radical (unpaired) electrons. The molecule has 0 saturated carbocycles. The quantitative estimate of drug-likeness (QED) is 0.690. The first kappa shape index (κ1) is 15.2. The predicted octanol–water partition coefficient (Wildman–Crippen LogP) is 1.15. The van der Waals surface area contributed by atoms with Crippen LogP contribution in [-0.2, 0) is 11.3 Å². The van der Waals surface area contributed by atoms with E-state index in [9.17, 15) is 9.59 Å². The van der Waals surface area contributed by atoms with Crippen molar-refractivity contribution in [2.45, 2.75) is 27.3 Å². The van der Waals surface area contributed by atoms with Gasteiger partial charge in [-0.05, 0) is 18.9 Å². The van der Waals surface area contributed by atoms with Gasteiger partial charge in [-0.2, -0.15) is 0 Å². The summed E-state index contributed by atoms with van der Waals surface area (Å²) in [4.78, 5) is 22.2. The molecule has 1 aromatic rings. The second kappa shape index (κ2) is 6.94. The number of aromatic carboxylic acids is 1. The summed E-state index contributed by atoms with van der Waals surface area (Å²) in [6.45, 7) is 6.78. The highest BCUT2D eigenvalue weighted by molar-refractivity contribution is 5.88. The molecule has 0 bridgehead atoms. The van der Waals surface area contributed by atoms with Crippen LogP contribution in [0.3, 0.4) is 0 Å². The zero-order valence-electron chi connectivity index (χ0n) is 11.4. The molecule has 6 heteroatoms. The third-order valence-electron chi connectivity index (χ3n) is 2.49. The molecule has 0 spiro atoms. The predicted molar refractivity (Wildman–Crippen MR) is 70.0 cm³/mol. The molecule has 0 aliphatic rings. The van der Waals surface area contributed by atoms with Gasteiger partial charge in [0.05, 0.1) is 13.1 Å². The van der Waals surface area contributed by atoms with Crippen molar-refractivity contribution in [1.82, 2.24) is 10.6 Å². The Hall–Kier alpha value is -1.82. The number of carboxylic acids is 1. The van der Waals surface area contributed by atoms with E-state index in [1.54, 1.807) is 6.92 Å². The molecule has 0 unspecified atom stereocenters. The Kier molecular flexibility index (Phi) is 5.57. The molecule has 0 atom stereocenters. The Morgan fingerprint density at radius 2 is 2.11 bits per heavy atom. The zero-order valence-corrected chi connectivity index (χ0v) is 11.4. The van der Waals surface area contributed by atoms with Gasteiger partial charge >= 0.3 is 5.97 Å². The molecule has 0 aliphatic heterocycles. The summed E-state index contributed by atoms with van der Waals surface area (Å²) in [7, 11) is 0. The maximum absolute atomic E-state index is 11.4. The summed E-state index contributed by atoms with van der Waals surface area (Å²) in [6, 6.07) is 1.47. The van der Waals surface area contributed by atoms with Gasteiger partial charge in [-0.25, -0.2) is 4.79 Å². The Morgan fingerprint density at radius 3 is 2.63 bits per heavy atom. The molecule has 0 fully saturated rings. The molecule has 6 nitrogen and oxygen atoms in total. The highest BCUT2D eigenvalue weighted by atomic mass is 16.4. The standard InChI is InChI=1S/C13H20N2O4/c1-8(2)5-15-12(16)7-14-6-10-4-11(13(17)18)9(3)19-10/h4,8,14H,5-7H2,1-3H3,(H,15,16)(H,17,18). The lowest BCUT2D eigenvalue weighted by Gasteiger charge is -2.07. The van der Waals surface area contributed by atoms with Crippen LogP contribution in [0.1, 0.15) is 35.7 Å². The van der Waals surface area contributed by atoms with Crippen molar-refractivity contribution in [3.63, 3.8) is 0 Å². The minimum atomic E-state index is -1.01. The van der Waals surface area contributed by atoms with Crippen LogP contribution in [0.5, 0.6) is 0 Å². The van der Waals surface area contributed by atoms with Gasteiger partial charge in [0.2, 0.25) is 5.91 Å². The fourth-order valence-corrected chi connectivity index (χ4v) is 1.52. The van der Waals surface area contributed by atoms with Gasteiger partial charge in [0.15, 0.2) is 0 Å². The van der Waals surface area contributed by atoms with E-state index in [-0.39, 0.29) is 18.0 Å². The van der Waals surface area contributed by atoms with Crippen LogP contribution in [0.25, 0.3) is 0 Å². The van der Waals surface area contributed by atoms with Gasteiger partial charge in [-0.15, -0.1) is 0 Å². The minimum absolute atomic E-state index is 0.0876. The fraction of sp³-hybridized carbons (Fsp3) is 0.538. The van der Waals surface area contributed by atoms with Gasteiger partial charge in [0.1, 0.15) is 17.1 Å². The maximum atomic E-state index is 11.4. The average molecular weight is 268 g/mol. The number of carbonyl (C=O) groups is 2. The van der Waals surface area contributed by atoms with Crippen LogP contribution in [0, 0.1) is 12.8 Å². The summed E-state index contributed by atoms with van der Waals surface area (Å²) in [5, 5.41) is 14.6. The van der Waals surface area contributed by atoms with E-state index in [1.807, 2.05) is 13.8 Å². The molecule has 19 heavy (non-hydrogen) atoms. The largest absolute Gasteiger partial charge is 0.478 e. The van der Waals surface area contributed by atoms with Crippen LogP contribution in [0.2, 0.25) is 0 Å². The van der Waals surface area contributed by atoms with Crippen LogP contribution in [0.4, 0.5) is 0 Å². The number of hydrogen-bond acceptors (Lipinski definition) is 4. The van der Waals surface area contributed by atoms with Crippen molar-refractivity contribution in [1.29, 1.82) is 0 Å². The molecule has 0 saturated heterocycles. The summed E-state index contributed by atoms with van der Waals surface area (Å²) >= 11 is 0. The number of rotatable bonds is 7. The number of aryl methyl sites for hydroxylation is 1. The number of nitrogens with one attached hydrogen (secondary N) is 2. The van der Waals surface area contributed by atoms with Crippen molar-refractivity contribution >= 4 is 11.9 Å². The van der Waals surface area contributed by atoms with E-state index < -0.39 is 5.97 Å². The van der Waals surface area contributed by atoms with Crippen LogP contribution < -0.4 is 10.6 Å². The second-order valence-corrected chi connectivity index (χ2v) is 4.79. The lowest BCUT2D eigenvalue weighted by atomic mass is 10.2. The molecular weight excluding hydrogens is 248 g/mol. The van der Waals surface area contributed by atoms with E-state index in [1.165, 1.54) is 6.07 Å². The van der Waals surface area contributed by atoms with Crippen molar-refractivity contribution < 1.29 is 19.1 Å². The summed E-state index contributed by atoms with van der Waals surface area (Å²) in [6.07, 6.45) is 0. The maximum Gasteiger partial charge on any atom is 0.339 e. The van der Waals surface area contributed by atoms with Crippen LogP contribution in [0.15, 0.2) is 10.5 Å². The monoisotopic (exact) mass is 268 g/mol. The molecule has 3 N–H and O–H groups in total. The number of amides is 1. The molecule has 0 aromatic carbocycles. The molecular formula is C13H20N2O4. The lowest BCUT2D eigenvalue weighted by molar-refractivity contribution is -0.120. The smallest absolute Gasteiger partial charge is 0.339 e. The van der Waals surface area contributed by atoms with Gasteiger partial charge in [0.25, 0.3) is 0 Å². The van der Waals surface area contributed by atoms with E-state index in [0.717, 1.165) is 0 Å². The molecule has 0 aliphatic carbocycles. The SMILES string of the molecule is Cc1oc(CNCC(=O)NCC(C)C)cc1C(=O)O. The Labute approximate surface area is 112 Å². The van der Waals surface area contributed by atoms with E-state index >= 15 is 0 Å². The number of carboxylic acid groups (broad SMARTS) is 1. The summed E-state index contributed by atoms with van der Waals surface area (Å²) in [5.41, 5.74) is 0.154. The van der Waals surface area contributed by atoms with Crippen LogP contribution in [-0.4, -0.2) is 30.1 Å².